The van der Waals surface area contributed by atoms with Gasteiger partial charge >= 0.3 is 0 Å². The van der Waals surface area contributed by atoms with Crippen molar-refractivity contribution in [1.29, 1.82) is 0 Å². The minimum atomic E-state index is -0.305. The second kappa shape index (κ2) is 6.79. The topological polar surface area (TPSA) is 40.5 Å². The lowest BCUT2D eigenvalue weighted by molar-refractivity contribution is 0.446. The highest BCUT2D eigenvalue weighted by Gasteiger charge is 2.27. The van der Waals surface area contributed by atoms with Crippen molar-refractivity contribution in [3.63, 3.8) is 0 Å². The number of fused-ring (bicyclic) bond motifs is 1. The van der Waals surface area contributed by atoms with E-state index in [0.29, 0.717) is 16.7 Å². The fourth-order valence-electron chi connectivity index (χ4n) is 3.48. The Kier molecular flexibility index (Phi) is 4.79. The van der Waals surface area contributed by atoms with Crippen molar-refractivity contribution >= 4 is 34.5 Å². The second-order valence-corrected chi connectivity index (χ2v) is 8.02. The number of phenolic OH excluding ortho intramolecular Hbond substituents is 2. The first-order chi connectivity index (χ1) is 12.7. The molecule has 0 aromatic heterocycles. The van der Waals surface area contributed by atoms with Crippen molar-refractivity contribution in [1.82, 2.24) is 0 Å². The first-order valence-electron chi connectivity index (χ1n) is 8.76. The number of halogens is 1. The van der Waals surface area contributed by atoms with E-state index in [9.17, 15) is 10.2 Å². The molecule has 3 heteroatoms. The SMILES string of the molecule is C=Cc1cc(C(C)(C)C)c(O)c(-c2c(O)c(Cl)cc3ccccc23)c1C=C. The molecule has 3 aromatic carbocycles. The summed E-state index contributed by atoms with van der Waals surface area (Å²) in [6.07, 6.45) is 3.41. The van der Waals surface area contributed by atoms with E-state index in [0.717, 1.165) is 21.9 Å². The van der Waals surface area contributed by atoms with Gasteiger partial charge in [0.15, 0.2) is 0 Å². The summed E-state index contributed by atoms with van der Waals surface area (Å²) >= 11 is 6.32. The van der Waals surface area contributed by atoms with Gasteiger partial charge in [0.1, 0.15) is 11.5 Å². The van der Waals surface area contributed by atoms with E-state index in [1.54, 1.807) is 18.2 Å². The third kappa shape index (κ3) is 3.11. The molecule has 0 unspecified atom stereocenters. The highest BCUT2D eigenvalue weighted by atomic mass is 35.5. The smallest absolute Gasteiger partial charge is 0.142 e. The lowest BCUT2D eigenvalue weighted by Crippen LogP contribution is -2.13. The Morgan fingerprint density at radius 2 is 1.59 bits per heavy atom. The zero-order chi connectivity index (χ0) is 19.9. The first-order valence-corrected chi connectivity index (χ1v) is 9.14. The van der Waals surface area contributed by atoms with Gasteiger partial charge in [-0.25, -0.2) is 0 Å². The van der Waals surface area contributed by atoms with Crippen LogP contribution in [0.25, 0.3) is 34.1 Å². The fourth-order valence-corrected chi connectivity index (χ4v) is 3.69. The summed E-state index contributed by atoms with van der Waals surface area (Å²) in [5.41, 5.74) is 3.02. The third-order valence-corrected chi connectivity index (χ3v) is 5.12. The summed E-state index contributed by atoms with van der Waals surface area (Å²) in [5, 5.41) is 24.0. The highest BCUT2D eigenvalue weighted by Crippen LogP contribution is 2.50. The number of rotatable bonds is 3. The van der Waals surface area contributed by atoms with Gasteiger partial charge in [-0.1, -0.05) is 81.9 Å². The van der Waals surface area contributed by atoms with Crippen LogP contribution in [0.1, 0.15) is 37.5 Å². The molecule has 0 amide bonds. The van der Waals surface area contributed by atoms with Gasteiger partial charge in [0.2, 0.25) is 0 Å². The molecule has 0 radical (unpaired) electrons. The van der Waals surface area contributed by atoms with Crippen LogP contribution in [0.4, 0.5) is 0 Å². The highest BCUT2D eigenvalue weighted by molar-refractivity contribution is 6.34. The quantitative estimate of drug-likeness (QED) is 0.507. The van der Waals surface area contributed by atoms with Crippen LogP contribution >= 0.6 is 11.6 Å². The third-order valence-electron chi connectivity index (χ3n) is 4.83. The van der Waals surface area contributed by atoms with Gasteiger partial charge in [-0.15, -0.1) is 0 Å². The molecule has 0 aliphatic carbocycles. The molecule has 0 atom stereocenters. The molecule has 0 saturated carbocycles. The van der Waals surface area contributed by atoms with Crippen LogP contribution in [-0.2, 0) is 5.41 Å². The molecule has 3 rings (SSSR count). The van der Waals surface area contributed by atoms with Gasteiger partial charge < -0.3 is 10.2 Å². The van der Waals surface area contributed by atoms with Crippen LogP contribution in [0.3, 0.4) is 0 Å². The fraction of sp³-hybridized carbons (Fsp3) is 0.167. The molecule has 2 nitrogen and oxygen atoms in total. The van der Waals surface area contributed by atoms with E-state index in [-0.39, 0.29) is 21.9 Å². The first kappa shape index (κ1) is 19.1. The molecule has 2 N–H and O–H groups in total. The van der Waals surface area contributed by atoms with Gasteiger partial charge in [-0.3, -0.25) is 0 Å². The minimum Gasteiger partial charge on any atom is -0.507 e. The zero-order valence-electron chi connectivity index (χ0n) is 15.8. The monoisotopic (exact) mass is 378 g/mol. The predicted octanol–water partition coefficient (Wildman–Crippen LogP) is 7.15. The summed E-state index contributed by atoms with van der Waals surface area (Å²) < 4.78 is 0. The van der Waals surface area contributed by atoms with E-state index in [2.05, 4.69) is 13.2 Å². The van der Waals surface area contributed by atoms with Gasteiger partial charge in [0.25, 0.3) is 0 Å². The average molecular weight is 379 g/mol. The average Bonchev–Trinajstić information content (AvgIpc) is 2.62. The number of hydrogen-bond acceptors (Lipinski definition) is 2. The van der Waals surface area contributed by atoms with Crippen LogP contribution in [0.15, 0.2) is 49.6 Å². The Morgan fingerprint density at radius 1 is 0.926 bits per heavy atom. The Balaban J connectivity index is 2.60. The molecule has 138 valence electrons. The number of hydrogen-bond donors (Lipinski definition) is 2. The van der Waals surface area contributed by atoms with Crippen molar-refractivity contribution in [2.24, 2.45) is 0 Å². The maximum atomic E-state index is 11.2. The van der Waals surface area contributed by atoms with Crippen LogP contribution in [0.5, 0.6) is 11.5 Å². The number of benzene rings is 3. The lowest BCUT2D eigenvalue weighted by atomic mass is 9.80. The van der Waals surface area contributed by atoms with Crippen LogP contribution < -0.4 is 0 Å². The largest absolute Gasteiger partial charge is 0.507 e. The summed E-state index contributed by atoms with van der Waals surface area (Å²) in [5.74, 6) is 0.0561. The van der Waals surface area contributed by atoms with Gasteiger partial charge in [-0.2, -0.15) is 0 Å². The molecular formula is C24H23ClO2. The molecule has 0 aliphatic rings. The number of phenols is 2. The molecule has 0 bridgehead atoms. The number of aromatic hydroxyl groups is 2. The van der Waals surface area contributed by atoms with E-state index in [1.165, 1.54) is 0 Å². The predicted molar refractivity (Wildman–Crippen MR) is 117 cm³/mol. The summed E-state index contributed by atoms with van der Waals surface area (Å²) in [6, 6.07) is 11.3. The normalized spacial score (nSPS) is 11.6. The standard InChI is InChI=1S/C24H23ClO2/c1-6-14-12-18(24(3,4)5)22(26)20(16(14)7-2)21-17-11-9-8-10-15(17)13-19(25)23(21)27/h6-13,26-27H,1-2H2,3-5H3. The van der Waals surface area contributed by atoms with E-state index < -0.39 is 0 Å². The maximum Gasteiger partial charge on any atom is 0.142 e. The molecule has 0 heterocycles. The molecule has 3 aromatic rings. The maximum absolute atomic E-state index is 11.2. The molecular weight excluding hydrogens is 356 g/mol. The van der Waals surface area contributed by atoms with Crippen LogP contribution in [0.2, 0.25) is 5.02 Å². The van der Waals surface area contributed by atoms with Crippen molar-refractivity contribution in [3.05, 3.63) is 71.3 Å². The van der Waals surface area contributed by atoms with E-state index in [4.69, 9.17) is 11.6 Å². The Morgan fingerprint density at radius 3 is 2.19 bits per heavy atom. The molecule has 0 saturated heterocycles. The van der Waals surface area contributed by atoms with Crippen LogP contribution in [0, 0.1) is 0 Å². The van der Waals surface area contributed by atoms with Crippen molar-refractivity contribution in [2.45, 2.75) is 26.2 Å². The Labute approximate surface area is 165 Å². The molecule has 0 spiro atoms. The van der Waals surface area contributed by atoms with Crippen molar-refractivity contribution in [3.8, 4) is 22.6 Å². The summed E-state index contributed by atoms with van der Waals surface area (Å²) in [7, 11) is 0. The van der Waals surface area contributed by atoms with Gasteiger partial charge in [0.05, 0.1) is 5.02 Å². The summed E-state index contributed by atoms with van der Waals surface area (Å²) in [6.45, 7) is 13.9. The zero-order valence-corrected chi connectivity index (χ0v) is 16.6. The lowest BCUT2D eigenvalue weighted by Gasteiger charge is -2.25. The molecule has 0 fully saturated rings. The summed E-state index contributed by atoms with van der Waals surface area (Å²) in [4.78, 5) is 0. The molecule has 0 aliphatic heterocycles. The Bertz CT molecular complexity index is 1070. The van der Waals surface area contributed by atoms with Gasteiger partial charge in [0, 0.05) is 16.7 Å². The minimum absolute atomic E-state index is 0.0603. The van der Waals surface area contributed by atoms with Crippen molar-refractivity contribution in [2.75, 3.05) is 0 Å². The van der Waals surface area contributed by atoms with E-state index >= 15 is 0 Å². The van der Waals surface area contributed by atoms with Gasteiger partial charge in [-0.05, 0) is 39.4 Å². The Hall–Kier alpha value is -2.71. The second-order valence-electron chi connectivity index (χ2n) is 7.61. The van der Waals surface area contributed by atoms with Crippen LogP contribution in [-0.4, -0.2) is 10.2 Å². The molecule has 27 heavy (non-hydrogen) atoms. The van der Waals surface area contributed by atoms with Crippen molar-refractivity contribution < 1.29 is 10.2 Å². The van der Waals surface area contributed by atoms with E-state index in [1.807, 2.05) is 51.1 Å².